The number of ether oxygens (including phenoxy) is 2. The van der Waals surface area contributed by atoms with Gasteiger partial charge in [-0.15, -0.1) is 0 Å². The summed E-state index contributed by atoms with van der Waals surface area (Å²) in [4.78, 5) is 37.8. The van der Waals surface area contributed by atoms with Crippen LogP contribution < -0.4 is 5.32 Å². The van der Waals surface area contributed by atoms with Crippen molar-refractivity contribution in [2.24, 2.45) is 62.6 Å². The number of esters is 2. The topological polar surface area (TPSA) is 81.7 Å². The second-order valence-corrected chi connectivity index (χ2v) is 19.7. The normalized spacial score (nSPS) is 40.2. The van der Waals surface area contributed by atoms with Crippen LogP contribution in [-0.2, 0) is 23.9 Å². The van der Waals surface area contributed by atoms with Crippen molar-refractivity contribution in [2.45, 2.75) is 183 Å². The van der Waals surface area contributed by atoms with Crippen LogP contribution in [0, 0.1) is 62.6 Å². The van der Waals surface area contributed by atoms with Crippen LogP contribution in [0.3, 0.4) is 0 Å². The van der Waals surface area contributed by atoms with Crippen LogP contribution in [0.2, 0.25) is 0 Å². The fraction of sp³-hybridized carbons (Fsp3) is 0.932. The Morgan fingerprint density at radius 1 is 0.720 bits per heavy atom. The number of fused-ring (bicyclic) bond motifs is 7. The van der Waals surface area contributed by atoms with Gasteiger partial charge in [0.05, 0.1) is 12.5 Å². The van der Waals surface area contributed by atoms with E-state index in [9.17, 15) is 14.4 Å². The maximum atomic E-state index is 14.5. The number of hydrogen-bond donors (Lipinski definition) is 1. The molecule has 50 heavy (non-hydrogen) atoms. The molecule has 0 bridgehead atoms. The lowest BCUT2D eigenvalue weighted by atomic mass is 9.32. The number of nitrogens with one attached hydrogen (secondary N) is 1. The predicted molar refractivity (Wildman–Crippen MR) is 201 cm³/mol. The molecule has 0 aromatic heterocycles. The first-order chi connectivity index (χ1) is 23.6. The molecule has 0 saturated heterocycles. The van der Waals surface area contributed by atoms with E-state index in [1.807, 2.05) is 0 Å². The Hall–Kier alpha value is -1.59. The minimum atomic E-state index is -0.197. The molecule has 5 rings (SSSR count). The van der Waals surface area contributed by atoms with Gasteiger partial charge < -0.3 is 14.8 Å². The Bertz CT molecular complexity index is 1210. The van der Waals surface area contributed by atoms with Crippen LogP contribution in [0.5, 0.6) is 0 Å². The Morgan fingerprint density at radius 3 is 2.02 bits per heavy atom. The molecular weight excluding hydrogens is 622 g/mol. The lowest BCUT2D eigenvalue weighted by molar-refractivity contribution is -0.250. The number of unbranched alkanes of at least 4 members (excludes halogenated alkanes) is 7. The molecule has 1 N–H and O–H groups in total. The zero-order valence-corrected chi connectivity index (χ0v) is 33.7. The van der Waals surface area contributed by atoms with Crippen LogP contribution in [0.15, 0.2) is 0 Å². The molecule has 6 heteroatoms. The van der Waals surface area contributed by atoms with E-state index >= 15 is 0 Å². The van der Waals surface area contributed by atoms with Gasteiger partial charge in [0.1, 0.15) is 6.10 Å². The summed E-state index contributed by atoms with van der Waals surface area (Å²) in [5.74, 6) is 3.71. The van der Waals surface area contributed by atoms with Crippen molar-refractivity contribution >= 4 is 17.8 Å². The molecule has 6 nitrogen and oxygen atoms in total. The first-order valence-corrected chi connectivity index (χ1v) is 21.1. The molecule has 0 aliphatic heterocycles. The third kappa shape index (κ3) is 6.94. The second kappa shape index (κ2) is 15.4. The number of carbonyl (C=O) groups excluding carboxylic acids is 3. The summed E-state index contributed by atoms with van der Waals surface area (Å²) in [6.45, 7) is 20.0. The van der Waals surface area contributed by atoms with Gasteiger partial charge in [-0.2, -0.15) is 0 Å². The summed E-state index contributed by atoms with van der Waals surface area (Å²) in [6.07, 6.45) is 21.3. The van der Waals surface area contributed by atoms with Crippen molar-refractivity contribution in [3.63, 3.8) is 0 Å². The molecule has 5 aliphatic carbocycles. The molecule has 0 aromatic carbocycles. The summed E-state index contributed by atoms with van der Waals surface area (Å²) in [6, 6.07) is 0. The van der Waals surface area contributed by atoms with E-state index in [1.165, 1.54) is 77.7 Å². The quantitative estimate of drug-likeness (QED) is 0.144. The average molecular weight is 698 g/mol. The van der Waals surface area contributed by atoms with Crippen LogP contribution in [0.25, 0.3) is 0 Å². The highest BCUT2D eigenvalue weighted by molar-refractivity contribution is 5.83. The largest absolute Gasteiger partial charge is 0.469 e. The number of carbonyl (C=O) groups is 3. The van der Waals surface area contributed by atoms with Crippen molar-refractivity contribution in [3.8, 4) is 0 Å². The maximum absolute atomic E-state index is 14.5. The Kier molecular flexibility index (Phi) is 12.2. The predicted octanol–water partition coefficient (Wildman–Crippen LogP) is 10.5. The van der Waals surface area contributed by atoms with Gasteiger partial charge in [-0.1, -0.05) is 87.0 Å². The van der Waals surface area contributed by atoms with Crippen LogP contribution in [0.4, 0.5) is 0 Å². The minimum Gasteiger partial charge on any atom is -0.469 e. The van der Waals surface area contributed by atoms with Gasteiger partial charge in [-0.25, -0.2) is 0 Å². The minimum absolute atomic E-state index is 0.0154. The molecule has 10 atom stereocenters. The number of amides is 1. The van der Waals surface area contributed by atoms with E-state index in [-0.39, 0.29) is 45.1 Å². The highest BCUT2D eigenvalue weighted by atomic mass is 16.5. The average Bonchev–Trinajstić information content (AvgIpc) is 3.46. The van der Waals surface area contributed by atoms with E-state index in [4.69, 9.17) is 9.47 Å². The molecule has 286 valence electrons. The fourth-order valence-corrected chi connectivity index (χ4v) is 14.1. The van der Waals surface area contributed by atoms with Crippen LogP contribution in [0.1, 0.15) is 177 Å². The van der Waals surface area contributed by atoms with Gasteiger partial charge in [-0.3, -0.25) is 14.4 Å². The zero-order chi connectivity index (χ0) is 36.5. The molecule has 5 aliphatic rings. The molecule has 1 unspecified atom stereocenters. The van der Waals surface area contributed by atoms with Crippen LogP contribution in [-0.4, -0.2) is 37.6 Å². The Labute approximate surface area is 306 Å². The fourth-order valence-electron chi connectivity index (χ4n) is 14.1. The summed E-state index contributed by atoms with van der Waals surface area (Å²) in [7, 11) is 1.46. The van der Waals surface area contributed by atoms with Crippen molar-refractivity contribution in [3.05, 3.63) is 0 Å². The SMILES string of the molecule is COC(=O)CCCCCCCCCCNC(=O)[C@]12CC[C@@H](C(C)C)[C@@H]1[C@H]1CCC3[C@@]4(C)CC[C@H](OC(C)=O)C(C)(C)[C@@H]4CC[C@@]3(C)[C@]1(C)CC2. The molecule has 0 aromatic rings. The monoisotopic (exact) mass is 698 g/mol. The molecule has 0 spiro atoms. The highest BCUT2D eigenvalue weighted by Crippen LogP contribution is 2.77. The van der Waals surface area contributed by atoms with Crippen LogP contribution >= 0.6 is 0 Å². The smallest absolute Gasteiger partial charge is 0.305 e. The molecule has 1 amide bonds. The first-order valence-electron chi connectivity index (χ1n) is 21.1. The van der Waals surface area contributed by atoms with Crippen molar-refractivity contribution in [1.82, 2.24) is 5.32 Å². The molecule has 0 heterocycles. The van der Waals surface area contributed by atoms with Gasteiger partial charge in [0, 0.05) is 25.3 Å². The van der Waals surface area contributed by atoms with E-state index in [2.05, 4.69) is 53.8 Å². The maximum Gasteiger partial charge on any atom is 0.305 e. The molecular formula is C44H75NO5. The van der Waals surface area contributed by atoms with Crippen molar-refractivity contribution in [1.29, 1.82) is 0 Å². The van der Waals surface area contributed by atoms with Gasteiger partial charge in [0.15, 0.2) is 0 Å². The Morgan fingerprint density at radius 2 is 1.38 bits per heavy atom. The summed E-state index contributed by atoms with van der Waals surface area (Å²) >= 11 is 0. The molecule has 5 saturated carbocycles. The summed E-state index contributed by atoms with van der Waals surface area (Å²) < 4.78 is 10.7. The van der Waals surface area contributed by atoms with E-state index in [1.54, 1.807) is 6.92 Å². The van der Waals surface area contributed by atoms with E-state index < -0.39 is 0 Å². The first kappa shape index (κ1) is 39.6. The van der Waals surface area contributed by atoms with Crippen molar-refractivity contribution < 1.29 is 23.9 Å². The van der Waals surface area contributed by atoms with Gasteiger partial charge >= 0.3 is 11.9 Å². The molecule has 5 fully saturated rings. The zero-order valence-electron chi connectivity index (χ0n) is 33.7. The second-order valence-electron chi connectivity index (χ2n) is 19.7. The highest BCUT2D eigenvalue weighted by Gasteiger charge is 2.72. The van der Waals surface area contributed by atoms with E-state index in [0.29, 0.717) is 47.8 Å². The van der Waals surface area contributed by atoms with Crippen molar-refractivity contribution in [2.75, 3.05) is 13.7 Å². The van der Waals surface area contributed by atoms with Gasteiger partial charge in [0.2, 0.25) is 5.91 Å². The summed E-state index contributed by atoms with van der Waals surface area (Å²) in [5.41, 5.74) is 0.548. The molecule has 0 radical (unpaired) electrons. The van der Waals surface area contributed by atoms with Gasteiger partial charge in [-0.05, 0) is 129 Å². The number of hydrogen-bond acceptors (Lipinski definition) is 5. The third-order valence-corrected chi connectivity index (χ3v) is 16.9. The standard InChI is InChI=1S/C44H75NO5/c1-30(2)32-21-26-44(39(48)45-29-17-15-13-11-10-12-14-16-18-37(47)49-9)28-27-42(7)33(38(32)44)19-20-35-41(6)24-23-36(50-31(3)46)40(4,5)34(41)22-25-43(35,42)8/h30,32-36,38H,10-29H2,1-9H3,(H,45,48)/t32-,33+,34-,35?,36-,38+,41-,42+,43+,44-/m0/s1. The third-order valence-electron chi connectivity index (χ3n) is 16.9. The lowest BCUT2D eigenvalue weighted by Gasteiger charge is -2.73. The van der Waals surface area contributed by atoms with Gasteiger partial charge in [0.25, 0.3) is 0 Å². The Balaban J connectivity index is 1.23. The van der Waals surface area contributed by atoms with E-state index in [0.717, 1.165) is 51.5 Å². The summed E-state index contributed by atoms with van der Waals surface area (Å²) in [5, 5.41) is 3.53. The lowest BCUT2D eigenvalue weighted by Crippen LogP contribution is -2.67. The number of methoxy groups -OCH3 is 1. The number of rotatable bonds is 14.